The maximum Gasteiger partial charge on any atom is 0.0798 e. The molecule has 0 aliphatic heterocycles. The fraction of sp³-hybridized carbons (Fsp3) is 0.167. The van der Waals surface area contributed by atoms with E-state index in [2.05, 4.69) is 173 Å². The molecule has 5 aromatic carbocycles. The molecule has 1 radical (unpaired) electrons. The number of hydrogen-bond acceptors (Lipinski definition) is 3. The van der Waals surface area contributed by atoms with Gasteiger partial charge in [-0.2, -0.15) is 11.3 Å². The molecule has 5 heteroatoms. The first-order valence-corrected chi connectivity index (χ1v) is 22.3. The van der Waals surface area contributed by atoms with Crippen molar-refractivity contribution in [3.63, 3.8) is 0 Å². The van der Waals surface area contributed by atoms with Crippen molar-refractivity contribution in [2.45, 2.75) is 46.8 Å². The van der Waals surface area contributed by atoms with Crippen LogP contribution < -0.4 is 5.19 Å². The molecule has 3 aromatic heterocycles. The third kappa shape index (κ3) is 9.17. The van der Waals surface area contributed by atoms with Gasteiger partial charge in [0.05, 0.1) is 8.07 Å². The number of aromatic nitrogens is 2. The average Bonchev–Trinajstić information content (AvgIpc) is 3.52. The molecule has 2 nitrogen and oxygen atoms in total. The maximum atomic E-state index is 4.71. The zero-order chi connectivity index (χ0) is 36.3. The van der Waals surface area contributed by atoms with E-state index in [1.807, 2.05) is 41.8 Å². The first-order chi connectivity index (χ1) is 25.0. The van der Waals surface area contributed by atoms with Gasteiger partial charge in [0.15, 0.2) is 0 Å². The van der Waals surface area contributed by atoms with E-state index in [4.69, 9.17) is 4.98 Å². The van der Waals surface area contributed by atoms with Gasteiger partial charge in [-0.25, -0.2) is 0 Å². The van der Waals surface area contributed by atoms with E-state index in [1.54, 1.807) is 0 Å². The number of rotatable bonds is 6. The van der Waals surface area contributed by atoms with E-state index in [9.17, 15) is 0 Å². The van der Waals surface area contributed by atoms with E-state index in [1.165, 1.54) is 53.2 Å². The largest absolute Gasteiger partial charge is 0.305 e. The van der Waals surface area contributed by atoms with Crippen LogP contribution in [0.15, 0.2) is 146 Å². The van der Waals surface area contributed by atoms with Gasteiger partial charge in [0.2, 0.25) is 0 Å². The second-order valence-corrected chi connectivity index (χ2v) is 21.7. The van der Waals surface area contributed by atoms with Gasteiger partial charge in [0, 0.05) is 37.2 Å². The molecule has 0 aliphatic rings. The van der Waals surface area contributed by atoms with E-state index >= 15 is 0 Å². The summed E-state index contributed by atoms with van der Waals surface area (Å²) in [5.41, 5.74) is 10.7. The number of thiophene rings is 1. The Hall–Kier alpha value is -4.51. The molecule has 0 N–H and O–H groups in total. The molecule has 0 amide bonds. The molecular formula is C48H44IrN2SSi-2. The Kier molecular flexibility index (Phi) is 11.7. The van der Waals surface area contributed by atoms with Gasteiger partial charge in [-0.15, -0.1) is 59.7 Å². The summed E-state index contributed by atoms with van der Waals surface area (Å²) in [5, 5.41) is 4.03. The van der Waals surface area contributed by atoms with Crippen LogP contribution in [0.4, 0.5) is 0 Å². The van der Waals surface area contributed by atoms with Crippen LogP contribution in [-0.2, 0) is 26.5 Å². The van der Waals surface area contributed by atoms with Gasteiger partial charge in [0.1, 0.15) is 0 Å². The first-order valence-electron chi connectivity index (χ1n) is 17.9. The van der Waals surface area contributed by atoms with Crippen molar-refractivity contribution >= 4 is 44.8 Å². The molecular weight excluding hydrogens is 857 g/mol. The normalized spacial score (nSPS) is 11.5. The molecule has 8 rings (SSSR count). The van der Waals surface area contributed by atoms with Gasteiger partial charge in [-0.05, 0) is 72.9 Å². The minimum Gasteiger partial charge on any atom is -0.305 e. The van der Waals surface area contributed by atoms with E-state index in [0.29, 0.717) is 0 Å². The van der Waals surface area contributed by atoms with Gasteiger partial charge >= 0.3 is 0 Å². The fourth-order valence-electron chi connectivity index (χ4n) is 6.66. The van der Waals surface area contributed by atoms with Gasteiger partial charge in [-0.3, -0.25) is 0 Å². The molecule has 0 bridgehead atoms. The second kappa shape index (κ2) is 16.2. The van der Waals surface area contributed by atoms with Crippen molar-refractivity contribution < 1.29 is 20.1 Å². The Bertz CT molecular complexity index is 2450. The van der Waals surface area contributed by atoms with Crippen LogP contribution in [0.3, 0.4) is 0 Å². The third-order valence-corrected chi connectivity index (χ3v) is 12.3. The minimum absolute atomic E-state index is 0. The predicted octanol–water partition coefficient (Wildman–Crippen LogP) is 12.9. The summed E-state index contributed by atoms with van der Waals surface area (Å²) in [6, 6.07) is 53.4. The van der Waals surface area contributed by atoms with E-state index < -0.39 is 8.07 Å². The van der Waals surface area contributed by atoms with Crippen molar-refractivity contribution in [2.24, 2.45) is 5.41 Å². The molecule has 0 unspecified atom stereocenters. The predicted molar refractivity (Wildman–Crippen MR) is 227 cm³/mol. The summed E-state index contributed by atoms with van der Waals surface area (Å²) < 4.78 is 2.55. The Labute approximate surface area is 333 Å². The summed E-state index contributed by atoms with van der Waals surface area (Å²) in [4.78, 5) is 9.34. The van der Waals surface area contributed by atoms with Gasteiger partial charge in [-0.1, -0.05) is 136 Å². The summed E-state index contributed by atoms with van der Waals surface area (Å²) in [7, 11) is -1.37. The Morgan fingerprint density at radius 3 is 1.91 bits per heavy atom. The molecule has 3 heterocycles. The minimum atomic E-state index is -1.37. The molecule has 267 valence electrons. The van der Waals surface area contributed by atoms with Gasteiger partial charge < -0.3 is 9.97 Å². The first kappa shape index (κ1) is 38.2. The molecule has 0 saturated carbocycles. The summed E-state index contributed by atoms with van der Waals surface area (Å²) >= 11 is 1.82. The molecule has 8 aromatic rings. The van der Waals surface area contributed by atoms with Crippen LogP contribution in [0.1, 0.15) is 26.3 Å². The Balaban J connectivity index is 0.000000193. The summed E-state index contributed by atoms with van der Waals surface area (Å²) in [5.74, 6) is 0. The maximum absolute atomic E-state index is 4.71. The van der Waals surface area contributed by atoms with Crippen LogP contribution in [0, 0.1) is 17.5 Å². The van der Waals surface area contributed by atoms with E-state index in [-0.39, 0.29) is 25.5 Å². The third-order valence-electron chi connectivity index (χ3n) is 9.16. The molecule has 0 saturated heterocycles. The number of nitrogens with zero attached hydrogens (tertiary/aromatic N) is 2. The van der Waals surface area contributed by atoms with Crippen molar-refractivity contribution in [3.8, 4) is 44.8 Å². The fourth-order valence-corrected chi connectivity index (χ4v) is 9.34. The molecule has 53 heavy (non-hydrogen) atoms. The zero-order valence-corrected chi connectivity index (χ0v) is 35.4. The zero-order valence-electron chi connectivity index (χ0n) is 31.2. The Morgan fingerprint density at radius 1 is 0.604 bits per heavy atom. The molecule has 0 aliphatic carbocycles. The smallest absolute Gasteiger partial charge is 0.0798 e. The monoisotopic (exact) mass is 901 g/mol. The standard InChI is InChI=1S/C29H18NS.C19H26NSi.Ir/c1-3-7-20(8-4-1)22-11-13-25-26-17-24(12-14-28(26)31-29(25)19-22)27-18-23(15-16-30-27)21-9-5-2-6-10-21;1-19(2,3)13-16-12-17(15-10-8-7-9-11-15)20-14-18(16)21(4,5)6;/h1-11,13-19H;7-10,12,14H,13H2,1-6H3;/q2*-1;. The van der Waals surface area contributed by atoms with Crippen molar-refractivity contribution in [1.29, 1.82) is 0 Å². The van der Waals surface area contributed by atoms with E-state index in [0.717, 1.165) is 28.9 Å². The van der Waals surface area contributed by atoms with Crippen LogP contribution in [-0.4, -0.2) is 18.0 Å². The number of hydrogen-bond donors (Lipinski definition) is 0. The van der Waals surface area contributed by atoms with Crippen molar-refractivity contribution in [2.75, 3.05) is 0 Å². The quantitative estimate of drug-likeness (QED) is 0.123. The molecule has 0 atom stereocenters. The van der Waals surface area contributed by atoms with Crippen LogP contribution in [0.25, 0.3) is 64.9 Å². The van der Waals surface area contributed by atoms with Crippen LogP contribution in [0.5, 0.6) is 0 Å². The SMILES string of the molecule is CC(C)(C)Cc1cc(-c2[c-]cccc2)ncc1[Si](C)(C)C.[Ir].[c-]1cc2sc3cc(-c4ccccc4)ccc3c2cc1-c1cc(-c2ccccc2)ccn1. The molecule has 0 spiro atoms. The summed E-state index contributed by atoms with van der Waals surface area (Å²) in [6.45, 7) is 14.1. The summed E-state index contributed by atoms with van der Waals surface area (Å²) in [6.07, 6.45) is 5.09. The number of fused-ring (bicyclic) bond motifs is 3. The number of pyridine rings is 2. The van der Waals surface area contributed by atoms with Crippen molar-refractivity contribution in [1.82, 2.24) is 9.97 Å². The van der Waals surface area contributed by atoms with Gasteiger partial charge in [0.25, 0.3) is 0 Å². The Morgan fingerprint density at radius 2 is 1.26 bits per heavy atom. The second-order valence-electron chi connectivity index (χ2n) is 15.6. The van der Waals surface area contributed by atoms with Crippen LogP contribution >= 0.6 is 11.3 Å². The topological polar surface area (TPSA) is 25.8 Å². The van der Waals surface area contributed by atoms with Crippen molar-refractivity contribution in [3.05, 3.63) is 164 Å². The van der Waals surface area contributed by atoms with Crippen LogP contribution in [0.2, 0.25) is 19.6 Å². The molecule has 0 fully saturated rings. The number of benzene rings is 5. The average molecular weight is 901 g/mol.